The number of aromatic nitrogens is 2. The molecule has 1 fully saturated rings. The van der Waals surface area contributed by atoms with Crippen molar-refractivity contribution in [3.63, 3.8) is 0 Å². The van der Waals surface area contributed by atoms with Crippen LogP contribution in [0, 0.1) is 0 Å². The number of anilines is 1. The number of aliphatic hydroxyl groups is 1. The zero-order valence-corrected chi connectivity index (χ0v) is 9.23. The first-order valence-electron chi connectivity index (χ1n) is 5.34. The van der Waals surface area contributed by atoms with E-state index in [4.69, 9.17) is 5.11 Å². The summed E-state index contributed by atoms with van der Waals surface area (Å²) in [6, 6.07) is 1.46. The second kappa shape index (κ2) is 4.68. The molecule has 1 aromatic rings. The molecule has 2 atom stereocenters. The number of nitrogens with zero attached hydrogens (tertiary/aromatic N) is 3. The number of halogens is 4. The summed E-state index contributed by atoms with van der Waals surface area (Å²) in [5, 5.41) is 15.6. The Bertz CT molecular complexity index is 409. The van der Waals surface area contributed by atoms with Crippen LogP contribution in [-0.4, -0.2) is 40.7 Å². The molecular weight excluding hydrogens is 254 g/mol. The largest absolute Gasteiger partial charge is 0.435 e. The lowest BCUT2D eigenvalue weighted by Crippen LogP contribution is -2.33. The summed E-state index contributed by atoms with van der Waals surface area (Å²) >= 11 is 0. The van der Waals surface area contributed by atoms with Gasteiger partial charge in [-0.05, 0) is 12.1 Å². The number of alkyl halides is 4. The molecule has 0 amide bonds. The maximum atomic E-state index is 13.2. The van der Waals surface area contributed by atoms with Crippen LogP contribution in [0.15, 0.2) is 12.1 Å². The fourth-order valence-corrected chi connectivity index (χ4v) is 1.94. The van der Waals surface area contributed by atoms with Crippen LogP contribution in [0.4, 0.5) is 23.4 Å². The van der Waals surface area contributed by atoms with E-state index in [1.165, 1.54) is 4.90 Å². The third kappa shape index (κ3) is 2.53. The molecule has 100 valence electrons. The molecule has 2 heterocycles. The van der Waals surface area contributed by atoms with Gasteiger partial charge < -0.3 is 10.0 Å². The van der Waals surface area contributed by atoms with Crippen molar-refractivity contribution >= 4 is 5.82 Å². The van der Waals surface area contributed by atoms with Gasteiger partial charge in [0.1, 0.15) is 6.17 Å². The van der Waals surface area contributed by atoms with E-state index >= 15 is 0 Å². The van der Waals surface area contributed by atoms with Gasteiger partial charge in [0.15, 0.2) is 11.5 Å². The monoisotopic (exact) mass is 265 g/mol. The van der Waals surface area contributed by atoms with Crippen molar-refractivity contribution in [1.82, 2.24) is 10.2 Å². The Morgan fingerprint density at radius 1 is 1.33 bits per heavy atom. The molecule has 0 radical (unpaired) electrons. The van der Waals surface area contributed by atoms with Gasteiger partial charge in [-0.1, -0.05) is 0 Å². The van der Waals surface area contributed by atoms with Crippen molar-refractivity contribution in [1.29, 1.82) is 0 Å². The zero-order chi connectivity index (χ0) is 13.3. The van der Waals surface area contributed by atoms with Crippen molar-refractivity contribution in [3.8, 4) is 0 Å². The second-order valence-corrected chi connectivity index (χ2v) is 4.10. The topological polar surface area (TPSA) is 49.2 Å². The van der Waals surface area contributed by atoms with Crippen LogP contribution in [0.25, 0.3) is 0 Å². The van der Waals surface area contributed by atoms with Gasteiger partial charge in [0.2, 0.25) is 0 Å². The number of aliphatic hydroxyl groups excluding tert-OH is 1. The summed E-state index contributed by atoms with van der Waals surface area (Å²) in [5.74, 6) is 0.141. The van der Waals surface area contributed by atoms with E-state index in [1.807, 2.05) is 0 Å². The Morgan fingerprint density at radius 2 is 2.06 bits per heavy atom. The van der Waals surface area contributed by atoms with E-state index in [9.17, 15) is 17.6 Å². The molecule has 1 aliphatic rings. The highest BCUT2D eigenvalue weighted by molar-refractivity contribution is 5.41. The maximum absolute atomic E-state index is 13.2. The van der Waals surface area contributed by atoms with Gasteiger partial charge in [-0.25, -0.2) is 4.39 Å². The van der Waals surface area contributed by atoms with E-state index in [0.29, 0.717) is 0 Å². The highest BCUT2D eigenvalue weighted by Crippen LogP contribution is 2.29. The Morgan fingerprint density at radius 3 is 2.56 bits per heavy atom. The molecule has 0 aromatic carbocycles. The van der Waals surface area contributed by atoms with Gasteiger partial charge in [-0.3, -0.25) is 0 Å². The summed E-state index contributed by atoms with van der Waals surface area (Å²) < 4.78 is 50.0. The third-order valence-corrected chi connectivity index (χ3v) is 2.81. The highest BCUT2D eigenvalue weighted by atomic mass is 19.4. The summed E-state index contributed by atoms with van der Waals surface area (Å²) in [4.78, 5) is 1.43. The number of hydrogen-bond acceptors (Lipinski definition) is 4. The normalized spacial score (nSPS) is 24.6. The zero-order valence-electron chi connectivity index (χ0n) is 9.23. The van der Waals surface area contributed by atoms with E-state index in [0.717, 1.165) is 12.1 Å². The molecule has 1 N–H and O–H groups in total. The Labute approximate surface area is 100 Å². The summed E-state index contributed by atoms with van der Waals surface area (Å²) in [6.45, 7) is -0.269. The quantitative estimate of drug-likeness (QED) is 0.821. The Hall–Kier alpha value is -1.44. The summed E-state index contributed by atoms with van der Waals surface area (Å²) in [7, 11) is 0. The molecule has 0 spiro atoms. The van der Waals surface area contributed by atoms with Crippen molar-refractivity contribution in [3.05, 3.63) is 17.8 Å². The molecule has 2 unspecified atom stereocenters. The van der Waals surface area contributed by atoms with Gasteiger partial charge >= 0.3 is 6.18 Å². The molecule has 1 saturated heterocycles. The molecule has 1 aromatic heterocycles. The fraction of sp³-hybridized carbons (Fsp3) is 0.600. The standard InChI is InChI=1S/C10H11F4N3O/c11-6-3-7(5-18)17(4-6)9-2-1-8(15-16-9)10(12,13)14/h1-2,6-7,18H,3-5H2. The van der Waals surface area contributed by atoms with Crippen LogP contribution < -0.4 is 4.90 Å². The molecule has 8 heteroatoms. The minimum absolute atomic E-state index is 0.00523. The van der Waals surface area contributed by atoms with Crippen LogP contribution >= 0.6 is 0 Å². The van der Waals surface area contributed by atoms with Gasteiger partial charge in [0, 0.05) is 6.42 Å². The molecule has 18 heavy (non-hydrogen) atoms. The lowest BCUT2D eigenvalue weighted by molar-refractivity contribution is -0.141. The molecule has 1 aliphatic heterocycles. The van der Waals surface area contributed by atoms with Crippen LogP contribution in [0.2, 0.25) is 0 Å². The molecule has 4 nitrogen and oxygen atoms in total. The first-order valence-corrected chi connectivity index (χ1v) is 5.34. The molecular formula is C10H11F4N3O. The van der Waals surface area contributed by atoms with Gasteiger partial charge in [0.05, 0.1) is 19.2 Å². The average Bonchev–Trinajstić information content (AvgIpc) is 2.69. The van der Waals surface area contributed by atoms with Crippen molar-refractivity contribution in [2.24, 2.45) is 0 Å². The first kappa shape index (κ1) is 13.0. The van der Waals surface area contributed by atoms with Crippen LogP contribution in [0.5, 0.6) is 0 Å². The van der Waals surface area contributed by atoms with Gasteiger partial charge in [0.25, 0.3) is 0 Å². The number of rotatable bonds is 2. The van der Waals surface area contributed by atoms with E-state index in [-0.39, 0.29) is 25.4 Å². The van der Waals surface area contributed by atoms with Crippen molar-refractivity contribution < 1.29 is 22.7 Å². The van der Waals surface area contributed by atoms with E-state index < -0.39 is 24.1 Å². The maximum Gasteiger partial charge on any atom is 0.435 e. The van der Waals surface area contributed by atoms with E-state index in [1.54, 1.807) is 0 Å². The van der Waals surface area contributed by atoms with Crippen molar-refractivity contribution in [2.75, 3.05) is 18.1 Å². The van der Waals surface area contributed by atoms with Crippen LogP contribution in [-0.2, 0) is 6.18 Å². The minimum Gasteiger partial charge on any atom is -0.394 e. The molecule has 0 saturated carbocycles. The van der Waals surface area contributed by atoms with Crippen LogP contribution in [0.1, 0.15) is 12.1 Å². The molecule has 0 aliphatic carbocycles. The summed E-state index contributed by atoms with van der Waals surface area (Å²) in [6.07, 6.45) is -5.53. The lowest BCUT2D eigenvalue weighted by Gasteiger charge is -2.23. The fourth-order valence-electron chi connectivity index (χ4n) is 1.94. The SMILES string of the molecule is OCC1CC(F)CN1c1ccc(C(F)(F)F)nn1. The summed E-state index contributed by atoms with van der Waals surface area (Å²) in [5.41, 5.74) is -1.09. The number of hydrogen-bond donors (Lipinski definition) is 1. The predicted octanol–water partition coefficient (Wildman–Crippen LogP) is 1.40. The Balaban J connectivity index is 2.19. The first-order chi connectivity index (χ1) is 8.41. The van der Waals surface area contributed by atoms with Crippen molar-refractivity contribution in [2.45, 2.75) is 24.8 Å². The average molecular weight is 265 g/mol. The van der Waals surface area contributed by atoms with Crippen LogP contribution in [0.3, 0.4) is 0 Å². The van der Waals surface area contributed by atoms with Gasteiger partial charge in [-0.15, -0.1) is 10.2 Å². The Kier molecular flexibility index (Phi) is 3.38. The lowest BCUT2D eigenvalue weighted by atomic mass is 10.2. The second-order valence-electron chi connectivity index (χ2n) is 4.10. The smallest absolute Gasteiger partial charge is 0.394 e. The van der Waals surface area contributed by atoms with E-state index in [2.05, 4.69) is 10.2 Å². The predicted molar refractivity (Wildman–Crippen MR) is 54.8 cm³/mol. The molecule has 0 bridgehead atoms. The highest BCUT2D eigenvalue weighted by Gasteiger charge is 2.35. The minimum atomic E-state index is -4.55. The van der Waals surface area contributed by atoms with Gasteiger partial charge in [-0.2, -0.15) is 13.2 Å². The molecule has 2 rings (SSSR count). The third-order valence-electron chi connectivity index (χ3n) is 2.81.